The topological polar surface area (TPSA) is 21.3 Å². The lowest BCUT2D eigenvalue weighted by molar-refractivity contribution is 0.303. The molecule has 126 valence electrons. The van der Waals surface area contributed by atoms with Crippen LogP contribution in [0, 0.1) is 0 Å². The Labute approximate surface area is 145 Å². The SMILES string of the molecule is C=CCc1c(OCCCNC(C)C)ccc2c1Cc1ccccc1-2. The maximum absolute atomic E-state index is 6.11. The molecule has 0 unspecified atom stereocenters. The van der Waals surface area contributed by atoms with E-state index in [4.69, 9.17) is 4.74 Å². The maximum atomic E-state index is 6.11. The summed E-state index contributed by atoms with van der Waals surface area (Å²) in [5.41, 5.74) is 6.85. The monoisotopic (exact) mass is 321 g/mol. The van der Waals surface area contributed by atoms with E-state index in [0.717, 1.165) is 38.2 Å². The second-order valence-corrected chi connectivity index (χ2v) is 6.71. The summed E-state index contributed by atoms with van der Waals surface area (Å²) in [6, 6.07) is 13.6. The highest BCUT2D eigenvalue weighted by atomic mass is 16.5. The van der Waals surface area contributed by atoms with Crippen molar-refractivity contribution in [2.45, 2.75) is 39.2 Å². The summed E-state index contributed by atoms with van der Waals surface area (Å²) in [6.07, 6.45) is 4.85. The Kier molecular flexibility index (Phi) is 5.37. The smallest absolute Gasteiger partial charge is 0.123 e. The van der Waals surface area contributed by atoms with E-state index in [1.54, 1.807) is 0 Å². The molecule has 0 amide bonds. The molecule has 24 heavy (non-hydrogen) atoms. The molecule has 2 aromatic carbocycles. The first-order valence-electron chi connectivity index (χ1n) is 8.90. The van der Waals surface area contributed by atoms with Gasteiger partial charge in [0.15, 0.2) is 0 Å². The molecule has 1 N–H and O–H groups in total. The Morgan fingerprint density at radius 1 is 1.17 bits per heavy atom. The molecule has 2 nitrogen and oxygen atoms in total. The first-order chi connectivity index (χ1) is 11.7. The minimum atomic E-state index is 0.528. The van der Waals surface area contributed by atoms with Crippen LogP contribution in [0.25, 0.3) is 11.1 Å². The Morgan fingerprint density at radius 2 is 2.00 bits per heavy atom. The van der Waals surface area contributed by atoms with Crippen LogP contribution in [0.2, 0.25) is 0 Å². The van der Waals surface area contributed by atoms with E-state index in [0.29, 0.717) is 6.04 Å². The summed E-state index contributed by atoms with van der Waals surface area (Å²) in [4.78, 5) is 0. The molecule has 0 heterocycles. The van der Waals surface area contributed by atoms with Crippen molar-refractivity contribution in [3.63, 3.8) is 0 Å². The highest BCUT2D eigenvalue weighted by molar-refractivity contribution is 5.79. The zero-order chi connectivity index (χ0) is 16.9. The number of hydrogen-bond donors (Lipinski definition) is 1. The molecule has 0 aromatic heterocycles. The molecule has 0 aliphatic heterocycles. The molecule has 1 aliphatic rings. The van der Waals surface area contributed by atoms with Gasteiger partial charge in [0.25, 0.3) is 0 Å². The van der Waals surface area contributed by atoms with Gasteiger partial charge in [-0.15, -0.1) is 6.58 Å². The average Bonchev–Trinajstić information content (AvgIpc) is 2.95. The van der Waals surface area contributed by atoms with E-state index in [1.165, 1.54) is 27.8 Å². The molecule has 0 saturated carbocycles. The molecular weight excluding hydrogens is 294 g/mol. The molecule has 0 radical (unpaired) electrons. The van der Waals surface area contributed by atoms with Crippen molar-refractivity contribution in [3.8, 4) is 16.9 Å². The fraction of sp³-hybridized carbons (Fsp3) is 0.364. The van der Waals surface area contributed by atoms with Crippen LogP contribution in [0.15, 0.2) is 49.1 Å². The molecule has 0 saturated heterocycles. The van der Waals surface area contributed by atoms with Gasteiger partial charge in [-0.2, -0.15) is 0 Å². The number of nitrogens with one attached hydrogen (secondary N) is 1. The Morgan fingerprint density at radius 3 is 2.79 bits per heavy atom. The molecule has 1 aliphatic carbocycles. The van der Waals surface area contributed by atoms with Crippen molar-refractivity contribution in [2.24, 2.45) is 0 Å². The van der Waals surface area contributed by atoms with Gasteiger partial charge in [-0.1, -0.05) is 50.3 Å². The lowest BCUT2D eigenvalue weighted by atomic mass is 9.98. The van der Waals surface area contributed by atoms with Crippen LogP contribution < -0.4 is 10.1 Å². The van der Waals surface area contributed by atoms with Gasteiger partial charge in [0.1, 0.15) is 5.75 Å². The van der Waals surface area contributed by atoms with Gasteiger partial charge >= 0.3 is 0 Å². The van der Waals surface area contributed by atoms with Gasteiger partial charge in [-0.05, 0) is 54.1 Å². The van der Waals surface area contributed by atoms with Gasteiger partial charge in [0.2, 0.25) is 0 Å². The minimum absolute atomic E-state index is 0.528. The number of fused-ring (bicyclic) bond motifs is 3. The summed E-state index contributed by atoms with van der Waals surface area (Å²) in [6.45, 7) is 10.0. The van der Waals surface area contributed by atoms with Gasteiger partial charge < -0.3 is 10.1 Å². The normalized spacial score (nSPS) is 12.1. The average molecular weight is 321 g/mol. The third kappa shape index (κ3) is 3.54. The van der Waals surface area contributed by atoms with Crippen LogP contribution in [0.5, 0.6) is 5.75 Å². The third-order valence-corrected chi connectivity index (χ3v) is 4.54. The minimum Gasteiger partial charge on any atom is -0.493 e. The van der Waals surface area contributed by atoms with Crippen molar-refractivity contribution in [3.05, 3.63) is 65.7 Å². The van der Waals surface area contributed by atoms with Crippen molar-refractivity contribution in [1.29, 1.82) is 0 Å². The fourth-order valence-corrected chi connectivity index (χ4v) is 3.40. The summed E-state index contributed by atoms with van der Waals surface area (Å²) >= 11 is 0. The maximum Gasteiger partial charge on any atom is 0.123 e. The number of allylic oxidation sites excluding steroid dienone is 1. The lowest BCUT2D eigenvalue weighted by Gasteiger charge is -2.15. The van der Waals surface area contributed by atoms with E-state index >= 15 is 0 Å². The zero-order valence-corrected chi connectivity index (χ0v) is 14.8. The molecule has 2 aromatic rings. The predicted octanol–water partition coefficient (Wildman–Crippen LogP) is 4.75. The number of ether oxygens (including phenoxy) is 1. The van der Waals surface area contributed by atoms with Gasteiger partial charge in [-0.25, -0.2) is 0 Å². The standard InChI is InChI=1S/C22H27NO/c1-4-8-20-21-15-17-9-5-6-10-18(17)19(21)11-12-22(20)24-14-7-13-23-16(2)3/h4-6,9-12,16,23H,1,7-8,13-15H2,2-3H3. The summed E-state index contributed by atoms with van der Waals surface area (Å²) < 4.78 is 6.11. The second-order valence-electron chi connectivity index (χ2n) is 6.71. The molecule has 3 rings (SSSR count). The Bertz CT molecular complexity index is 718. The Balaban J connectivity index is 1.77. The van der Waals surface area contributed by atoms with Crippen LogP contribution in [-0.2, 0) is 12.8 Å². The van der Waals surface area contributed by atoms with E-state index in [1.807, 2.05) is 6.08 Å². The molecule has 2 heteroatoms. The van der Waals surface area contributed by atoms with Crippen molar-refractivity contribution in [1.82, 2.24) is 5.32 Å². The summed E-state index contributed by atoms with van der Waals surface area (Å²) in [5.74, 6) is 1.02. The van der Waals surface area contributed by atoms with Gasteiger partial charge in [-0.3, -0.25) is 0 Å². The summed E-state index contributed by atoms with van der Waals surface area (Å²) in [5, 5.41) is 3.43. The fourth-order valence-electron chi connectivity index (χ4n) is 3.40. The quantitative estimate of drug-likeness (QED) is 0.477. The lowest BCUT2D eigenvalue weighted by Crippen LogP contribution is -2.24. The Hall–Kier alpha value is -2.06. The molecule has 0 atom stereocenters. The molecular formula is C22H27NO. The largest absolute Gasteiger partial charge is 0.493 e. The van der Waals surface area contributed by atoms with E-state index in [2.05, 4.69) is 62.1 Å². The number of benzene rings is 2. The van der Waals surface area contributed by atoms with Gasteiger partial charge in [0, 0.05) is 11.6 Å². The van der Waals surface area contributed by atoms with Crippen LogP contribution in [0.4, 0.5) is 0 Å². The highest BCUT2D eigenvalue weighted by Crippen LogP contribution is 2.41. The molecule has 0 fully saturated rings. The number of hydrogen-bond acceptors (Lipinski definition) is 2. The molecule has 0 spiro atoms. The van der Waals surface area contributed by atoms with Crippen molar-refractivity contribution >= 4 is 0 Å². The van der Waals surface area contributed by atoms with Crippen molar-refractivity contribution < 1.29 is 4.74 Å². The molecule has 0 bridgehead atoms. The highest BCUT2D eigenvalue weighted by Gasteiger charge is 2.22. The first kappa shape index (κ1) is 16.8. The van der Waals surface area contributed by atoms with Crippen molar-refractivity contribution in [2.75, 3.05) is 13.2 Å². The summed E-state index contributed by atoms with van der Waals surface area (Å²) in [7, 11) is 0. The number of rotatable bonds is 8. The zero-order valence-electron chi connectivity index (χ0n) is 14.8. The van der Waals surface area contributed by atoms with E-state index in [-0.39, 0.29) is 0 Å². The third-order valence-electron chi connectivity index (χ3n) is 4.54. The first-order valence-corrected chi connectivity index (χ1v) is 8.90. The van der Waals surface area contributed by atoms with Crippen LogP contribution >= 0.6 is 0 Å². The van der Waals surface area contributed by atoms with Crippen LogP contribution in [0.1, 0.15) is 37.0 Å². The van der Waals surface area contributed by atoms with E-state index < -0.39 is 0 Å². The van der Waals surface area contributed by atoms with Crippen LogP contribution in [-0.4, -0.2) is 19.2 Å². The van der Waals surface area contributed by atoms with Gasteiger partial charge in [0.05, 0.1) is 6.61 Å². The van der Waals surface area contributed by atoms with E-state index in [9.17, 15) is 0 Å². The second kappa shape index (κ2) is 7.67. The predicted molar refractivity (Wildman–Crippen MR) is 102 cm³/mol. The van der Waals surface area contributed by atoms with Crippen LogP contribution in [0.3, 0.4) is 0 Å².